The minimum atomic E-state index is -3.54. The van der Waals surface area contributed by atoms with Gasteiger partial charge in [-0.1, -0.05) is 20.8 Å². The Balaban J connectivity index is 2.09. The molecule has 0 saturated heterocycles. The molecule has 0 unspecified atom stereocenters. The maximum absolute atomic E-state index is 12.3. The first-order valence-electron chi connectivity index (χ1n) is 6.78. The molecular weight excluding hydrogens is 322 g/mol. The van der Waals surface area contributed by atoms with Crippen LogP contribution in [0, 0.1) is 0 Å². The van der Waals surface area contributed by atoms with Crippen LogP contribution < -0.4 is 9.62 Å². The van der Waals surface area contributed by atoms with Crippen molar-refractivity contribution in [1.29, 1.82) is 0 Å². The number of aromatic amines is 1. The average Bonchev–Trinajstić information content (AvgIpc) is 3.05. The van der Waals surface area contributed by atoms with Crippen molar-refractivity contribution in [3.8, 4) is 0 Å². The number of anilines is 1. The molecule has 0 fully saturated rings. The standard InChI is InChI=1S/C13H21N5O2S2/c1-13(2,3)9-6-7-11(21-9)22(19,20)14-8-10-15-12(17-16-10)18(4)5/h6-7,14H,8H2,1-5H3,(H,15,16,17). The van der Waals surface area contributed by atoms with Crippen LogP contribution in [0.1, 0.15) is 31.5 Å². The molecule has 2 rings (SSSR count). The Morgan fingerprint density at radius 3 is 2.50 bits per heavy atom. The summed E-state index contributed by atoms with van der Waals surface area (Å²) in [5, 5.41) is 6.70. The van der Waals surface area contributed by atoms with Crippen molar-refractivity contribution in [3.63, 3.8) is 0 Å². The zero-order valence-corrected chi connectivity index (χ0v) is 15.0. The molecule has 7 nitrogen and oxygen atoms in total. The van der Waals surface area contributed by atoms with Crippen LogP contribution in [0.25, 0.3) is 0 Å². The van der Waals surface area contributed by atoms with E-state index >= 15 is 0 Å². The van der Waals surface area contributed by atoms with E-state index in [0.29, 0.717) is 16.0 Å². The maximum atomic E-state index is 12.3. The minimum absolute atomic E-state index is 0.0655. The molecule has 22 heavy (non-hydrogen) atoms. The van der Waals surface area contributed by atoms with Crippen molar-refractivity contribution >= 4 is 27.3 Å². The molecule has 9 heteroatoms. The van der Waals surface area contributed by atoms with Gasteiger partial charge in [0.25, 0.3) is 0 Å². The molecule has 0 spiro atoms. The summed E-state index contributed by atoms with van der Waals surface area (Å²) in [5.74, 6) is 0.986. The molecule has 0 atom stereocenters. The fourth-order valence-corrected chi connectivity index (χ4v) is 4.06. The highest BCUT2D eigenvalue weighted by atomic mass is 32.2. The Hall–Kier alpha value is -1.45. The summed E-state index contributed by atoms with van der Waals surface area (Å²) in [6.45, 7) is 6.24. The van der Waals surface area contributed by atoms with Gasteiger partial charge in [0.1, 0.15) is 10.0 Å². The van der Waals surface area contributed by atoms with Gasteiger partial charge in [-0.15, -0.1) is 16.4 Å². The first kappa shape index (κ1) is 16.9. The summed E-state index contributed by atoms with van der Waals surface area (Å²) in [4.78, 5) is 6.96. The van der Waals surface area contributed by atoms with Crippen molar-refractivity contribution in [2.45, 2.75) is 36.9 Å². The molecule has 0 amide bonds. The van der Waals surface area contributed by atoms with Gasteiger partial charge in [0, 0.05) is 19.0 Å². The predicted octanol–water partition coefficient (Wildman–Crippen LogP) is 1.71. The quantitative estimate of drug-likeness (QED) is 0.862. The van der Waals surface area contributed by atoms with Crippen molar-refractivity contribution < 1.29 is 8.42 Å². The number of nitrogens with zero attached hydrogens (tertiary/aromatic N) is 3. The highest BCUT2D eigenvalue weighted by Gasteiger charge is 2.22. The Morgan fingerprint density at radius 1 is 1.32 bits per heavy atom. The van der Waals surface area contributed by atoms with E-state index in [1.54, 1.807) is 11.0 Å². The first-order valence-corrected chi connectivity index (χ1v) is 9.08. The zero-order valence-electron chi connectivity index (χ0n) is 13.3. The van der Waals surface area contributed by atoms with Gasteiger partial charge in [-0.25, -0.2) is 13.1 Å². The molecule has 122 valence electrons. The minimum Gasteiger partial charge on any atom is -0.346 e. The molecule has 2 N–H and O–H groups in total. The first-order chi connectivity index (χ1) is 10.1. The zero-order chi connectivity index (χ0) is 16.5. The van der Waals surface area contributed by atoms with E-state index in [1.807, 2.05) is 20.2 Å². The van der Waals surface area contributed by atoms with E-state index in [4.69, 9.17) is 0 Å². The fourth-order valence-electron chi connectivity index (χ4n) is 1.67. The van der Waals surface area contributed by atoms with Gasteiger partial charge in [0.15, 0.2) is 0 Å². The molecule has 0 aliphatic rings. The second-order valence-electron chi connectivity index (χ2n) is 6.17. The van der Waals surface area contributed by atoms with Gasteiger partial charge in [0.05, 0.1) is 6.54 Å². The van der Waals surface area contributed by atoms with Crippen LogP contribution in [-0.2, 0) is 22.0 Å². The monoisotopic (exact) mass is 343 g/mol. The summed E-state index contributed by atoms with van der Waals surface area (Å²) < 4.78 is 27.5. The van der Waals surface area contributed by atoms with Gasteiger partial charge in [0.2, 0.25) is 16.0 Å². The lowest BCUT2D eigenvalue weighted by Gasteiger charge is -2.15. The highest BCUT2D eigenvalue weighted by Crippen LogP contribution is 2.31. The number of hydrogen-bond donors (Lipinski definition) is 2. The molecule has 0 aliphatic heterocycles. The van der Waals surface area contributed by atoms with Crippen molar-refractivity contribution in [2.24, 2.45) is 0 Å². The molecule has 0 saturated carbocycles. The molecule has 2 aromatic heterocycles. The van der Waals surface area contributed by atoms with Crippen LogP contribution in [-0.4, -0.2) is 37.7 Å². The third-order valence-electron chi connectivity index (χ3n) is 2.93. The van der Waals surface area contributed by atoms with Crippen LogP contribution in [0.3, 0.4) is 0 Å². The maximum Gasteiger partial charge on any atom is 0.250 e. The number of hydrogen-bond acceptors (Lipinski definition) is 6. The fraction of sp³-hybridized carbons (Fsp3) is 0.538. The van der Waals surface area contributed by atoms with Gasteiger partial charge in [-0.3, -0.25) is 5.10 Å². The van der Waals surface area contributed by atoms with Crippen LogP contribution >= 0.6 is 11.3 Å². The number of H-pyrrole nitrogens is 1. The Kier molecular flexibility index (Phi) is 4.59. The Bertz CT molecular complexity index is 741. The van der Waals surface area contributed by atoms with Gasteiger partial charge in [-0.2, -0.15) is 4.98 Å². The lowest BCUT2D eigenvalue weighted by atomic mass is 9.95. The number of thiophene rings is 1. The molecule has 0 aromatic carbocycles. The van der Waals surface area contributed by atoms with Gasteiger partial charge >= 0.3 is 0 Å². The van der Waals surface area contributed by atoms with Crippen molar-refractivity contribution in [2.75, 3.05) is 19.0 Å². The molecule has 2 aromatic rings. The summed E-state index contributed by atoms with van der Waals surface area (Å²) in [5.41, 5.74) is -0.0655. The Labute approximate surface area is 134 Å². The number of aromatic nitrogens is 3. The third-order valence-corrected chi connectivity index (χ3v) is 6.34. The summed E-state index contributed by atoms with van der Waals surface area (Å²) in [7, 11) is 0.0908. The normalized spacial score (nSPS) is 12.6. The van der Waals surface area contributed by atoms with Gasteiger partial charge < -0.3 is 4.90 Å². The second kappa shape index (κ2) is 5.98. The summed E-state index contributed by atoms with van der Waals surface area (Å²) in [6.07, 6.45) is 0. The number of sulfonamides is 1. The third kappa shape index (κ3) is 3.84. The van der Waals surface area contributed by atoms with E-state index in [-0.39, 0.29) is 12.0 Å². The van der Waals surface area contributed by atoms with Crippen molar-refractivity contribution in [1.82, 2.24) is 19.9 Å². The topological polar surface area (TPSA) is 91.0 Å². The molecule has 0 aliphatic carbocycles. The Morgan fingerprint density at radius 2 is 2.00 bits per heavy atom. The lowest BCUT2D eigenvalue weighted by molar-refractivity contribution is 0.581. The van der Waals surface area contributed by atoms with E-state index in [9.17, 15) is 8.42 Å². The number of rotatable bonds is 5. The van der Waals surface area contributed by atoms with Crippen molar-refractivity contribution in [3.05, 3.63) is 22.8 Å². The van der Waals surface area contributed by atoms with E-state index in [0.717, 1.165) is 4.88 Å². The van der Waals surface area contributed by atoms with Gasteiger partial charge in [-0.05, 0) is 17.5 Å². The lowest BCUT2D eigenvalue weighted by Crippen LogP contribution is -2.23. The van der Waals surface area contributed by atoms with Crippen LogP contribution in [0.15, 0.2) is 16.3 Å². The van der Waals surface area contributed by atoms with Crippen LogP contribution in [0.4, 0.5) is 5.95 Å². The predicted molar refractivity (Wildman–Crippen MR) is 87.8 cm³/mol. The number of nitrogens with one attached hydrogen (secondary N) is 2. The molecular formula is C13H21N5O2S2. The molecule has 2 heterocycles. The second-order valence-corrected chi connectivity index (χ2v) is 9.25. The highest BCUT2D eigenvalue weighted by molar-refractivity contribution is 7.91. The SMILES string of the molecule is CN(C)c1n[nH]c(CNS(=O)(=O)c2ccc(C(C)(C)C)s2)n1. The largest absolute Gasteiger partial charge is 0.346 e. The van der Waals surface area contributed by atoms with Crippen LogP contribution in [0.5, 0.6) is 0 Å². The average molecular weight is 343 g/mol. The summed E-state index contributed by atoms with van der Waals surface area (Å²) in [6, 6.07) is 3.50. The molecule has 0 bridgehead atoms. The van der Waals surface area contributed by atoms with E-state index < -0.39 is 10.0 Å². The van der Waals surface area contributed by atoms with E-state index in [1.165, 1.54) is 11.3 Å². The smallest absolute Gasteiger partial charge is 0.250 e. The summed E-state index contributed by atoms with van der Waals surface area (Å²) >= 11 is 1.29. The van der Waals surface area contributed by atoms with E-state index in [2.05, 4.69) is 40.7 Å². The van der Waals surface area contributed by atoms with Crippen LogP contribution in [0.2, 0.25) is 0 Å². The molecule has 0 radical (unpaired) electrons.